The number of primary amides is 1. The quantitative estimate of drug-likeness (QED) is 0.754. The van der Waals surface area contributed by atoms with Crippen LogP contribution in [0.2, 0.25) is 0 Å². The van der Waals surface area contributed by atoms with Crippen LogP contribution in [-0.2, 0) is 0 Å². The highest BCUT2D eigenvalue weighted by molar-refractivity contribution is 5.95. The number of para-hydroxylation sites is 1. The average molecular weight is 208 g/mol. The zero-order valence-electron chi connectivity index (χ0n) is 8.77. The highest BCUT2D eigenvalue weighted by Crippen LogP contribution is 2.19. The summed E-state index contributed by atoms with van der Waals surface area (Å²) in [6.07, 6.45) is 0.725. The first kappa shape index (κ1) is 11.5. The Bertz CT molecular complexity index is 339. The number of carbonyl (C=O) groups is 1. The summed E-state index contributed by atoms with van der Waals surface area (Å²) in [6, 6.07) is 6.93. The number of carbonyl (C=O) groups excluding carboxylic acids is 1. The van der Waals surface area contributed by atoms with Crippen LogP contribution in [-0.4, -0.2) is 18.6 Å². The van der Waals surface area contributed by atoms with Gasteiger partial charge in [0.15, 0.2) is 0 Å². The number of benzene rings is 1. The van der Waals surface area contributed by atoms with Gasteiger partial charge in [-0.25, -0.2) is 0 Å². The lowest BCUT2D eigenvalue weighted by atomic mass is 10.2. The Labute approximate surface area is 89.2 Å². The van der Waals surface area contributed by atoms with Crippen LogP contribution < -0.4 is 16.2 Å². The largest absolute Gasteiger partial charge is 0.490 e. The second kappa shape index (κ2) is 5.36. The Hall–Kier alpha value is -1.55. The van der Waals surface area contributed by atoms with Crippen LogP contribution in [0.4, 0.5) is 0 Å². The fourth-order valence-electron chi connectivity index (χ4n) is 1.28. The smallest absolute Gasteiger partial charge is 0.252 e. The molecule has 0 saturated carbocycles. The van der Waals surface area contributed by atoms with Crippen molar-refractivity contribution in [2.45, 2.75) is 19.4 Å². The summed E-state index contributed by atoms with van der Waals surface area (Å²) in [4.78, 5) is 11.1. The summed E-state index contributed by atoms with van der Waals surface area (Å²) in [6.45, 7) is 2.46. The second-order valence-corrected chi connectivity index (χ2v) is 3.37. The predicted octanol–water partition coefficient (Wildman–Crippen LogP) is 0.902. The number of hydrogen-bond acceptors (Lipinski definition) is 3. The molecule has 1 amide bonds. The molecule has 15 heavy (non-hydrogen) atoms. The van der Waals surface area contributed by atoms with E-state index in [1.807, 2.05) is 6.92 Å². The Morgan fingerprint density at radius 1 is 1.47 bits per heavy atom. The monoisotopic (exact) mass is 208 g/mol. The number of ether oxygens (including phenoxy) is 1. The summed E-state index contributed by atoms with van der Waals surface area (Å²) >= 11 is 0. The van der Waals surface area contributed by atoms with E-state index in [1.165, 1.54) is 0 Å². The molecule has 0 bridgehead atoms. The van der Waals surface area contributed by atoms with E-state index >= 15 is 0 Å². The van der Waals surface area contributed by atoms with E-state index in [1.54, 1.807) is 24.3 Å². The van der Waals surface area contributed by atoms with Gasteiger partial charge in [-0.1, -0.05) is 12.1 Å². The van der Waals surface area contributed by atoms with E-state index in [-0.39, 0.29) is 6.10 Å². The van der Waals surface area contributed by atoms with Gasteiger partial charge in [-0.15, -0.1) is 0 Å². The molecule has 0 saturated heterocycles. The van der Waals surface area contributed by atoms with Crippen LogP contribution in [0.1, 0.15) is 23.7 Å². The van der Waals surface area contributed by atoms with Gasteiger partial charge in [-0.2, -0.15) is 0 Å². The van der Waals surface area contributed by atoms with Crippen molar-refractivity contribution in [2.75, 3.05) is 6.54 Å². The molecule has 0 aromatic heterocycles. The van der Waals surface area contributed by atoms with Crippen LogP contribution in [0.5, 0.6) is 5.75 Å². The first-order chi connectivity index (χ1) is 7.15. The third kappa shape index (κ3) is 3.25. The van der Waals surface area contributed by atoms with Crippen molar-refractivity contribution in [3.63, 3.8) is 0 Å². The van der Waals surface area contributed by atoms with E-state index < -0.39 is 5.91 Å². The van der Waals surface area contributed by atoms with Crippen LogP contribution in [0, 0.1) is 0 Å². The molecule has 4 nitrogen and oxygen atoms in total. The number of rotatable bonds is 5. The highest BCUT2D eigenvalue weighted by atomic mass is 16.5. The summed E-state index contributed by atoms with van der Waals surface area (Å²) in [5.41, 5.74) is 11.0. The van der Waals surface area contributed by atoms with Crippen LogP contribution >= 0.6 is 0 Å². The second-order valence-electron chi connectivity index (χ2n) is 3.37. The Balaban J connectivity index is 2.79. The fourth-order valence-corrected chi connectivity index (χ4v) is 1.28. The molecule has 0 aliphatic carbocycles. The van der Waals surface area contributed by atoms with Crippen molar-refractivity contribution in [3.8, 4) is 5.75 Å². The van der Waals surface area contributed by atoms with Crippen molar-refractivity contribution < 1.29 is 9.53 Å². The van der Waals surface area contributed by atoms with Crippen molar-refractivity contribution >= 4 is 5.91 Å². The first-order valence-electron chi connectivity index (χ1n) is 4.90. The molecule has 1 aromatic rings. The summed E-state index contributed by atoms with van der Waals surface area (Å²) in [5.74, 6) is 0.0384. The average Bonchev–Trinajstić information content (AvgIpc) is 2.18. The minimum atomic E-state index is -0.481. The number of amides is 1. The van der Waals surface area contributed by atoms with Gasteiger partial charge in [0.05, 0.1) is 11.7 Å². The predicted molar refractivity (Wildman–Crippen MR) is 58.7 cm³/mol. The topological polar surface area (TPSA) is 78.3 Å². The molecule has 1 rings (SSSR count). The SMILES string of the molecule is CC(CCN)Oc1ccccc1C(N)=O. The molecule has 82 valence electrons. The molecule has 0 heterocycles. The maximum atomic E-state index is 11.1. The third-order valence-corrected chi connectivity index (χ3v) is 2.05. The van der Waals surface area contributed by atoms with E-state index in [9.17, 15) is 4.79 Å². The van der Waals surface area contributed by atoms with Crippen LogP contribution in [0.3, 0.4) is 0 Å². The first-order valence-corrected chi connectivity index (χ1v) is 4.90. The molecule has 0 aliphatic rings. The molecule has 1 unspecified atom stereocenters. The molecule has 4 N–H and O–H groups in total. The molecule has 0 radical (unpaired) electrons. The lowest BCUT2D eigenvalue weighted by molar-refractivity contribution is 0.0993. The molecule has 0 spiro atoms. The summed E-state index contributed by atoms with van der Waals surface area (Å²) in [5, 5.41) is 0. The lowest BCUT2D eigenvalue weighted by Gasteiger charge is -2.15. The van der Waals surface area contributed by atoms with E-state index in [2.05, 4.69) is 0 Å². The Morgan fingerprint density at radius 3 is 2.73 bits per heavy atom. The molecular formula is C11H16N2O2. The normalized spacial score (nSPS) is 12.1. The van der Waals surface area contributed by atoms with Crippen molar-refractivity contribution in [2.24, 2.45) is 11.5 Å². The summed E-state index contributed by atoms with van der Waals surface area (Å²) in [7, 11) is 0. The van der Waals surface area contributed by atoms with Gasteiger partial charge in [0, 0.05) is 0 Å². The standard InChI is InChI=1S/C11H16N2O2/c1-8(6-7-12)15-10-5-3-2-4-9(10)11(13)14/h2-5,8H,6-7,12H2,1H3,(H2,13,14). The number of hydrogen-bond donors (Lipinski definition) is 2. The highest BCUT2D eigenvalue weighted by Gasteiger charge is 2.10. The maximum Gasteiger partial charge on any atom is 0.252 e. The molecular weight excluding hydrogens is 192 g/mol. The fraction of sp³-hybridized carbons (Fsp3) is 0.364. The Morgan fingerprint density at radius 2 is 2.13 bits per heavy atom. The zero-order valence-corrected chi connectivity index (χ0v) is 8.77. The third-order valence-electron chi connectivity index (χ3n) is 2.05. The van der Waals surface area contributed by atoms with Gasteiger partial charge in [0.1, 0.15) is 5.75 Å². The van der Waals surface area contributed by atoms with E-state index in [0.717, 1.165) is 6.42 Å². The minimum Gasteiger partial charge on any atom is -0.490 e. The Kier molecular flexibility index (Phi) is 4.12. The number of nitrogens with two attached hydrogens (primary N) is 2. The molecule has 1 atom stereocenters. The van der Waals surface area contributed by atoms with Gasteiger partial charge >= 0.3 is 0 Å². The summed E-state index contributed by atoms with van der Waals surface area (Å²) < 4.78 is 5.57. The van der Waals surface area contributed by atoms with Crippen LogP contribution in [0.25, 0.3) is 0 Å². The van der Waals surface area contributed by atoms with Gasteiger partial charge in [-0.05, 0) is 32.0 Å². The zero-order chi connectivity index (χ0) is 11.3. The maximum absolute atomic E-state index is 11.1. The van der Waals surface area contributed by atoms with Crippen LogP contribution in [0.15, 0.2) is 24.3 Å². The van der Waals surface area contributed by atoms with E-state index in [4.69, 9.17) is 16.2 Å². The molecule has 1 aromatic carbocycles. The minimum absolute atomic E-state index is 0.0181. The van der Waals surface area contributed by atoms with Crippen molar-refractivity contribution in [1.82, 2.24) is 0 Å². The van der Waals surface area contributed by atoms with E-state index in [0.29, 0.717) is 17.9 Å². The molecule has 0 fully saturated rings. The van der Waals surface area contributed by atoms with Crippen molar-refractivity contribution in [3.05, 3.63) is 29.8 Å². The van der Waals surface area contributed by atoms with Gasteiger partial charge in [0.2, 0.25) is 0 Å². The molecule has 4 heteroatoms. The van der Waals surface area contributed by atoms with Gasteiger partial charge in [0.25, 0.3) is 5.91 Å². The lowest BCUT2D eigenvalue weighted by Crippen LogP contribution is -2.19. The molecule has 0 aliphatic heterocycles. The van der Waals surface area contributed by atoms with Crippen molar-refractivity contribution in [1.29, 1.82) is 0 Å². The van der Waals surface area contributed by atoms with Gasteiger partial charge in [-0.3, -0.25) is 4.79 Å². The van der Waals surface area contributed by atoms with Gasteiger partial charge < -0.3 is 16.2 Å².